The lowest BCUT2D eigenvalue weighted by molar-refractivity contribution is -0.135. The Bertz CT molecular complexity index is 921. The lowest BCUT2D eigenvalue weighted by Crippen LogP contribution is -2.42. The first-order valence-electron chi connectivity index (χ1n) is 9.23. The second kappa shape index (κ2) is 7.20. The Kier molecular flexibility index (Phi) is 4.87. The van der Waals surface area contributed by atoms with Gasteiger partial charge < -0.3 is 15.2 Å². The maximum absolute atomic E-state index is 13.6. The quantitative estimate of drug-likeness (QED) is 0.631. The van der Waals surface area contributed by atoms with Crippen LogP contribution in [0.1, 0.15) is 25.3 Å². The topological polar surface area (TPSA) is 81.9 Å². The van der Waals surface area contributed by atoms with E-state index >= 15 is 0 Å². The molecule has 6 nitrogen and oxygen atoms in total. The number of amides is 1. The number of carbonyl (C=O) groups excluding carboxylic acids is 2. The smallest absolute Gasteiger partial charge is 0.328 e. The average molecular weight is 401 g/mol. The van der Waals surface area contributed by atoms with Crippen molar-refractivity contribution in [3.8, 4) is 5.75 Å². The van der Waals surface area contributed by atoms with Gasteiger partial charge in [0, 0.05) is 18.9 Å². The molecule has 2 N–H and O–H groups in total. The summed E-state index contributed by atoms with van der Waals surface area (Å²) in [5, 5.41) is 0.529. The normalized spacial score (nSPS) is 18.8. The first-order chi connectivity index (χ1) is 13.4. The van der Waals surface area contributed by atoms with Gasteiger partial charge in [0.05, 0.1) is 16.1 Å². The van der Waals surface area contributed by atoms with Crippen LogP contribution >= 0.6 is 11.6 Å². The molecule has 2 aromatic carbocycles. The summed E-state index contributed by atoms with van der Waals surface area (Å²) in [6, 6.07) is 11.7. The number of benzene rings is 2. The molecule has 0 radical (unpaired) electrons. The summed E-state index contributed by atoms with van der Waals surface area (Å²) < 4.78 is 10.7. The number of nitrogens with zero attached hydrogens (tertiary/aromatic N) is 1. The summed E-state index contributed by atoms with van der Waals surface area (Å²) in [6.45, 7) is 2.64. The molecule has 1 saturated heterocycles. The Labute approximate surface area is 168 Å². The molecule has 0 unspecified atom stereocenters. The molecule has 2 aliphatic heterocycles. The van der Waals surface area contributed by atoms with Crippen molar-refractivity contribution in [2.24, 2.45) is 5.73 Å². The van der Waals surface area contributed by atoms with Crippen molar-refractivity contribution in [1.82, 2.24) is 0 Å². The van der Waals surface area contributed by atoms with Crippen LogP contribution in [-0.2, 0) is 19.7 Å². The molecule has 0 aromatic heterocycles. The SMILES string of the molecule is C[C@H](N)C(=O)Oc1ccc(N2C(=O)C3(CCOCC3)c3cccc(Cl)c32)cc1. The number of esters is 1. The number of anilines is 2. The first-order valence-corrected chi connectivity index (χ1v) is 9.60. The lowest BCUT2D eigenvalue weighted by Gasteiger charge is -2.32. The van der Waals surface area contributed by atoms with Crippen LogP contribution in [0.15, 0.2) is 42.5 Å². The van der Waals surface area contributed by atoms with Crippen molar-refractivity contribution in [3.63, 3.8) is 0 Å². The summed E-state index contributed by atoms with van der Waals surface area (Å²) in [6.07, 6.45) is 1.25. The van der Waals surface area contributed by atoms with Crippen LogP contribution in [0.4, 0.5) is 11.4 Å². The Morgan fingerprint density at radius 2 is 1.89 bits per heavy atom. The highest BCUT2D eigenvalue weighted by Gasteiger charge is 2.52. The molecule has 0 aliphatic carbocycles. The highest BCUT2D eigenvalue weighted by molar-refractivity contribution is 6.35. The van der Waals surface area contributed by atoms with Crippen LogP contribution in [0.25, 0.3) is 0 Å². The van der Waals surface area contributed by atoms with Crippen LogP contribution in [0, 0.1) is 0 Å². The number of para-hydroxylation sites is 1. The number of halogens is 1. The Morgan fingerprint density at radius 3 is 2.54 bits per heavy atom. The van der Waals surface area contributed by atoms with Crippen LogP contribution < -0.4 is 15.4 Å². The minimum absolute atomic E-state index is 0.000717. The fourth-order valence-electron chi connectivity index (χ4n) is 3.88. The molecule has 1 spiro atoms. The van der Waals surface area contributed by atoms with E-state index in [0.29, 0.717) is 42.5 Å². The first kappa shape index (κ1) is 18.9. The van der Waals surface area contributed by atoms with Gasteiger partial charge in [-0.25, -0.2) is 4.79 Å². The summed E-state index contributed by atoms with van der Waals surface area (Å²) >= 11 is 6.51. The number of ether oxygens (including phenoxy) is 2. The number of carbonyl (C=O) groups is 2. The van der Waals surface area contributed by atoms with E-state index in [9.17, 15) is 9.59 Å². The maximum atomic E-state index is 13.6. The summed E-state index contributed by atoms with van der Waals surface area (Å²) in [4.78, 5) is 26.9. The minimum atomic E-state index is -0.709. The minimum Gasteiger partial charge on any atom is -0.425 e. The predicted molar refractivity (Wildman–Crippen MR) is 106 cm³/mol. The van der Waals surface area contributed by atoms with Crippen LogP contribution in [0.3, 0.4) is 0 Å². The van der Waals surface area contributed by atoms with Gasteiger partial charge >= 0.3 is 5.97 Å². The molecule has 1 fully saturated rings. The van der Waals surface area contributed by atoms with E-state index < -0.39 is 17.4 Å². The summed E-state index contributed by atoms with van der Waals surface area (Å²) in [7, 11) is 0. The molecule has 1 amide bonds. The third kappa shape index (κ3) is 2.98. The molecular weight excluding hydrogens is 380 g/mol. The van der Waals surface area contributed by atoms with E-state index in [-0.39, 0.29) is 5.91 Å². The summed E-state index contributed by atoms with van der Waals surface area (Å²) in [5.74, 6) is -0.142. The van der Waals surface area contributed by atoms with E-state index in [1.807, 2.05) is 12.1 Å². The molecular formula is C21H21ClN2O4. The molecule has 146 valence electrons. The van der Waals surface area contributed by atoms with Crippen LogP contribution in [-0.4, -0.2) is 31.1 Å². The molecule has 2 aliphatic rings. The zero-order valence-corrected chi connectivity index (χ0v) is 16.2. The number of hydrogen-bond donors (Lipinski definition) is 1. The van der Waals surface area contributed by atoms with Crippen molar-refractivity contribution in [3.05, 3.63) is 53.1 Å². The lowest BCUT2D eigenvalue weighted by atomic mass is 9.75. The van der Waals surface area contributed by atoms with Gasteiger partial charge in [-0.2, -0.15) is 0 Å². The van der Waals surface area contributed by atoms with Crippen LogP contribution in [0.5, 0.6) is 5.75 Å². The number of hydrogen-bond acceptors (Lipinski definition) is 5. The monoisotopic (exact) mass is 400 g/mol. The number of rotatable bonds is 3. The van der Waals surface area contributed by atoms with Gasteiger partial charge in [0.1, 0.15) is 11.8 Å². The standard InChI is InChI=1S/C21H21ClN2O4/c1-13(23)19(25)28-15-7-5-14(6-8-15)24-18-16(3-2-4-17(18)22)21(20(24)26)9-11-27-12-10-21/h2-8,13H,9-12,23H2,1H3/t13-/m0/s1. The van der Waals surface area contributed by atoms with Gasteiger partial charge in [0.2, 0.25) is 5.91 Å². The van der Waals surface area contributed by atoms with Crippen molar-refractivity contribution in [1.29, 1.82) is 0 Å². The average Bonchev–Trinajstić information content (AvgIpc) is 2.93. The summed E-state index contributed by atoms with van der Waals surface area (Å²) in [5.41, 5.74) is 7.25. The molecule has 28 heavy (non-hydrogen) atoms. The molecule has 0 saturated carbocycles. The van der Waals surface area contributed by atoms with Gasteiger partial charge in [-0.05, 0) is 55.7 Å². The van der Waals surface area contributed by atoms with E-state index in [1.165, 1.54) is 0 Å². The van der Waals surface area contributed by atoms with Crippen molar-refractivity contribution < 1.29 is 19.1 Å². The maximum Gasteiger partial charge on any atom is 0.328 e. The van der Waals surface area contributed by atoms with Crippen molar-refractivity contribution in [2.75, 3.05) is 18.1 Å². The molecule has 4 rings (SSSR count). The van der Waals surface area contributed by atoms with E-state index in [4.69, 9.17) is 26.8 Å². The molecule has 2 heterocycles. The third-order valence-corrected chi connectivity index (χ3v) is 5.67. The molecule has 7 heteroatoms. The van der Waals surface area contributed by atoms with Gasteiger partial charge in [-0.1, -0.05) is 23.7 Å². The van der Waals surface area contributed by atoms with Crippen LogP contribution in [0.2, 0.25) is 5.02 Å². The van der Waals surface area contributed by atoms with Crippen molar-refractivity contribution in [2.45, 2.75) is 31.2 Å². The Morgan fingerprint density at radius 1 is 1.21 bits per heavy atom. The molecule has 0 bridgehead atoms. The van der Waals surface area contributed by atoms with Gasteiger partial charge in [0.15, 0.2) is 0 Å². The number of fused-ring (bicyclic) bond motifs is 2. The molecule has 1 atom stereocenters. The Hall–Kier alpha value is -2.41. The van der Waals surface area contributed by atoms with E-state index in [2.05, 4.69) is 0 Å². The second-order valence-corrected chi connectivity index (χ2v) is 7.58. The Balaban J connectivity index is 1.72. The zero-order valence-electron chi connectivity index (χ0n) is 15.5. The van der Waals surface area contributed by atoms with Gasteiger partial charge in [-0.3, -0.25) is 9.69 Å². The fraction of sp³-hybridized carbons (Fsp3) is 0.333. The fourth-order valence-corrected chi connectivity index (χ4v) is 4.14. The van der Waals surface area contributed by atoms with Crippen molar-refractivity contribution >= 4 is 34.9 Å². The predicted octanol–water partition coefficient (Wildman–Crippen LogP) is 3.32. The second-order valence-electron chi connectivity index (χ2n) is 7.17. The largest absolute Gasteiger partial charge is 0.425 e. The highest BCUT2D eigenvalue weighted by atomic mass is 35.5. The third-order valence-electron chi connectivity index (χ3n) is 5.37. The van der Waals surface area contributed by atoms with Gasteiger partial charge in [0.25, 0.3) is 0 Å². The van der Waals surface area contributed by atoms with E-state index in [1.54, 1.807) is 42.2 Å². The number of nitrogens with two attached hydrogens (primary N) is 1. The molecule has 2 aromatic rings. The highest BCUT2D eigenvalue weighted by Crippen LogP contribution is 2.52. The van der Waals surface area contributed by atoms with Gasteiger partial charge in [-0.15, -0.1) is 0 Å². The zero-order chi connectivity index (χ0) is 19.9. The van der Waals surface area contributed by atoms with E-state index in [0.717, 1.165) is 11.3 Å².